The highest BCUT2D eigenvalue weighted by Crippen LogP contribution is 2.29. The molecule has 0 radical (unpaired) electrons. The number of hydrogen-bond acceptors (Lipinski definition) is 2. The van der Waals surface area contributed by atoms with Crippen LogP contribution in [0.4, 0.5) is 5.69 Å². The predicted molar refractivity (Wildman–Crippen MR) is 91.5 cm³/mol. The van der Waals surface area contributed by atoms with E-state index in [-0.39, 0.29) is 0 Å². The maximum absolute atomic E-state index is 5.91. The summed E-state index contributed by atoms with van der Waals surface area (Å²) in [4.78, 5) is 2.98. The Balaban J connectivity index is 2.21. The van der Waals surface area contributed by atoms with Gasteiger partial charge in [-0.05, 0) is 50.2 Å². The van der Waals surface area contributed by atoms with Gasteiger partial charge >= 0.3 is 0 Å². The van der Waals surface area contributed by atoms with Gasteiger partial charge in [-0.25, -0.2) is 0 Å². The summed E-state index contributed by atoms with van der Waals surface area (Å²) in [5, 5.41) is 0. The summed E-state index contributed by atoms with van der Waals surface area (Å²) >= 11 is 5.23. The molecule has 1 saturated heterocycles. The van der Waals surface area contributed by atoms with Gasteiger partial charge in [0.1, 0.15) is 4.99 Å². The number of nitrogens with zero attached hydrogens (tertiary/aromatic N) is 1. The maximum atomic E-state index is 5.91. The Labute approximate surface area is 128 Å². The zero-order valence-electron chi connectivity index (χ0n) is 12.9. The molecule has 1 aromatic rings. The topological polar surface area (TPSA) is 29.3 Å². The molecule has 110 valence electrons. The van der Waals surface area contributed by atoms with Crippen LogP contribution in [0.25, 0.3) is 0 Å². The minimum Gasteiger partial charge on any atom is -0.389 e. The SMILES string of the molecule is Cc1ccc(N2CCCC(C(C)C)CC2)c(C(N)=S)c1. The maximum Gasteiger partial charge on any atom is 0.106 e. The van der Waals surface area contributed by atoms with Crippen LogP contribution in [0.2, 0.25) is 0 Å². The van der Waals surface area contributed by atoms with Crippen molar-refractivity contribution in [1.82, 2.24) is 0 Å². The lowest BCUT2D eigenvalue weighted by Gasteiger charge is -2.26. The summed E-state index contributed by atoms with van der Waals surface area (Å²) in [6.07, 6.45) is 3.86. The van der Waals surface area contributed by atoms with Gasteiger partial charge in [0.05, 0.1) is 0 Å². The van der Waals surface area contributed by atoms with E-state index >= 15 is 0 Å². The van der Waals surface area contributed by atoms with Gasteiger partial charge in [-0.15, -0.1) is 0 Å². The summed E-state index contributed by atoms with van der Waals surface area (Å²) < 4.78 is 0. The summed E-state index contributed by atoms with van der Waals surface area (Å²) in [5.74, 6) is 1.63. The second-order valence-corrected chi connectivity index (χ2v) is 6.75. The highest BCUT2D eigenvalue weighted by atomic mass is 32.1. The molecule has 0 aromatic heterocycles. The fourth-order valence-electron chi connectivity index (χ4n) is 3.15. The van der Waals surface area contributed by atoms with E-state index in [9.17, 15) is 0 Å². The molecule has 1 aliphatic rings. The zero-order valence-corrected chi connectivity index (χ0v) is 13.7. The second kappa shape index (κ2) is 6.57. The molecular weight excluding hydrogens is 264 g/mol. The Morgan fingerprint density at radius 2 is 2.05 bits per heavy atom. The fraction of sp³-hybridized carbons (Fsp3) is 0.588. The third-order valence-corrected chi connectivity index (χ3v) is 4.69. The Bertz CT molecular complexity index is 482. The number of aryl methyl sites for hydroxylation is 1. The molecule has 2 nitrogen and oxygen atoms in total. The minimum absolute atomic E-state index is 0.508. The quantitative estimate of drug-likeness (QED) is 0.856. The van der Waals surface area contributed by atoms with Gasteiger partial charge in [0.2, 0.25) is 0 Å². The average molecular weight is 290 g/mol. The van der Waals surface area contributed by atoms with E-state index in [0.29, 0.717) is 4.99 Å². The normalized spacial score (nSPS) is 20.0. The molecule has 2 rings (SSSR count). The van der Waals surface area contributed by atoms with E-state index in [2.05, 4.69) is 43.9 Å². The predicted octanol–water partition coefficient (Wildman–Crippen LogP) is 3.89. The van der Waals surface area contributed by atoms with E-state index in [4.69, 9.17) is 18.0 Å². The molecule has 1 aliphatic heterocycles. The highest BCUT2D eigenvalue weighted by Gasteiger charge is 2.21. The summed E-state index contributed by atoms with van der Waals surface area (Å²) in [5.41, 5.74) is 9.37. The number of thiocarbonyl (C=S) groups is 1. The van der Waals surface area contributed by atoms with E-state index in [0.717, 1.165) is 30.5 Å². The molecule has 0 spiro atoms. The number of rotatable bonds is 3. The Kier molecular flexibility index (Phi) is 5.03. The van der Waals surface area contributed by atoms with E-state index in [1.54, 1.807) is 0 Å². The Morgan fingerprint density at radius 3 is 2.70 bits per heavy atom. The lowest BCUT2D eigenvalue weighted by atomic mass is 9.89. The van der Waals surface area contributed by atoms with Crippen LogP contribution < -0.4 is 10.6 Å². The van der Waals surface area contributed by atoms with Crippen LogP contribution in [0.1, 0.15) is 44.2 Å². The lowest BCUT2D eigenvalue weighted by Crippen LogP contribution is -2.27. The molecule has 0 aliphatic carbocycles. The highest BCUT2D eigenvalue weighted by molar-refractivity contribution is 7.80. The first-order valence-electron chi connectivity index (χ1n) is 7.64. The summed E-state index contributed by atoms with van der Waals surface area (Å²) in [7, 11) is 0. The first kappa shape index (κ1) is 15.3. The standard InChI is InChI=1S/C17H26N2S/c1-12(2)14-5-4-9-19(10-8-14)16-7-6-13(3)11-15(16)17(18)20/h6-7,11-12,14H,4-5,8-10H2,1-3H3,(H2,18,20). The Hall–Kier alpha value is -1.09. The number of benzene rings is 1. The lowest BCUT2D eigenvalue weighted by molar-refractivity contribution is 0.351. The molecule has 1 fully saturated rings. The van der Waals surface area contributed by atoms with Gasteiger partial charge in [-0.2, -0.15) is 0 Å². The molecule has 2 N–H and O–H groups in total. The van der Waals surface area contributed by atoms with Gasteiger partial charge in [-0.1, -0.05) is 37.7 Å². The van der Waals surface area contributed by atoms with Crippen molar-refractivity contribution in [3.63, 3.8) is 0 Å². The van der Waals surface area contributed by atoms with Gasteiger partial charge in [-0.3, -0.25) is 0 Å². The van der Waals surface area contributed by atoms with Gasteiger partial charge in [0.25, 0.3) is 0 Å². The molecule has 0 bridgehead atoms. The third kappa shape index (κ3) is 3.51. The van der Waals surface area contributed by atoms with Gasteiger partial charge in [0, 0.05) is 24.3 Å². The first-order valence-corrected chi connectivity index (χ1v) is 8.05. The molecular formula is C17H26N2S. The molecule has 1 unspecified atom stereocenters. The van der Waals surface area contributed by atoms with Crippen molar-refractivity contribution in [2.45, 2.75) is 40.0 Å². The van der Waals surface area contributed by atoms with Crippen LogP contribution in [0.5, 0.6) is 0 Å². The summed E-state index contributed by atoms with van der Waals surface area (Å²) in [6.45, 7) is 8.99. The van der Waals surface area contributed by atoms with Crippen molar-refractivity contribution in [3.8, 4) is 0 Å². The fourth-order valence-corrected chi connectivity index (χ4v) is 3.32. The molecule has 3 heteroatoms. The van der Waals surface area contributed by atoms with Crippen LogP contribution in [-0.4, -0.2) is 18.1 Å². The Morgan fingerprint density at radius 1 is 1.30 bits per heavy atom. The smallest absolute Gasteiger partial charge is 0.106 e. The zero-order chi connectivity index (χ0) is 14.7. The number of anilines is 1. The van der Waals surface area contributed by atoms with E-state index in [1.165, 1.54) is 30.5 Å². The monoisotopic (exact) mass is 290 g/mol. The number of hydrogen-bond donors (Lipinski definition) is 1. The molecule has 20 heavy (non-hydrogen) atoms. The van der Waals surface area contributed by atoms with Crippen molar-refractivity contribution >= 4 is 22.9 Å². The molecule has 0 amide bonds. The second-order valence-electron chi connectivity index (χ2n) is 6.31. The molecule has 1 heterocycles. The summed E-state index contributed by atoms with van der Waals surface area (Å²) in [6, 6.07) is 6.45. The molecule has 1 atom stereocenters. The van der Waals surface area contributed by atoms with Crippen LogP contribution in [0.3, 0.4) is 0 Å². The molecule has 0 saturated carbocycles. The van der Waals surface area contributed by atoms with Crippen LogP contribution in [-0.2, 0) is 0 Å². The van der Waals surface area contributed by atoms with Crippen molar-refractivity contribution in [3.05, 3.63) is 29.3 Å². The van der Waals surface area contributed by atoms with Crippen molar-refractivity contribution in [2.24, 2.45) is 17.6 Å². The van der Waals surface area contributed by atoms with E-state index < -0.39 is 0 Å². The largest absolute Gasteiger partial charge is 0.389 e. The average Bonchev–Trinajstić information content (AvgIpc) is 2.64. The van der Waals surface area contributed by atoms with Crippen molar-refractivity contribution in [1.29, 1.82) is 0 Å². The van der Waals surface area contributed by atoms with Crippen LogP contribution in [0, 0.1) is 18.8 Å². The van der Waals surface area contributed by atoms with E-state index in [1.807, 2.05) is 0 Å². The van der Waals surface area contributed by atoms with Crippen molar-refractivity contribution < 1.29 is 0 Å². The van der Waals surface area contributed by atoms with Crippen molar-refractivity contribution in [2.75, 3.05) is 18.0 Å². The van der Waals surface area contributed by atoms with Crippen LogP contribution in [0.15, 0.2) is 18.2 Å². The minimum atomic E-state index is 0.508. The van der Waals surface area contributed by atoms with Gasteiger partial charge in [0.15, 0.2) is 0 Å². The first-order chi connectivity index (χ1) is 9.49. The molecule has 1 aromatic carbocycles. The number of nitrogens with two attached hydrogens (primary N) is 1. The third-order valence-electron chi connectivity index (χ3n) is 4.47. The van der Waals surface area contributed by atoms with Crippen LogP contribution >= 0.6 is 12.2 Å². The van der Waals surface area contributed by atoms with Gasteiger partial charge < -0.3 is 10.6 Å².